The Labute approximate surface area is 127 Å². The molecule has 1 heterocycles. The third-order valence-corrected chi connectivity index (χ3v) is 2.71. The Kier molecular flexibility index (Phi) is 6.29. The first-order valence-electron chi connectivity index (χ1n) is 6.62. The average molecular weight is 317 g/mol. The van der Waals surface area contributed by atoms with E-state index >= 15 is 0 Å². The fourth-order valence-corrected chi connectivity index (χ4v) is 2.01. The van der Waals surface area contributed by atoms with Crippen molar-refractivity contribution in [1.29, 1.82) is 0 Å². The maximum atomic E-state index is 11.2. The summed E-state index contributed by atoms with van der Waals surface area (Å²) in [4.78, 5) is 44.6. The highest BCUT2D eigenvalue weighted by Crippen LogP contribution is 2.28. The molecule has 0 saturated carbocycles. The highest BCUT2D eigenvalue weighted by Gasteiger charge is 2.50. The molecule has 0 spiro atoms. The summed E-state index contributed by atoms with van der Waals surface area (Å²) in [6, 6.07) is 0. The quantitative estimate of drug-likeness (QED) is 0.521. The highest BCUT2D eigenvalue weighted by molar-refractivity contribution is 5.73. The second kappa shape index (κ2) is 7.74. The van der Waals surface area contributed by atoms with Gasteiger partial charge in [0.15, 0.2) is 6.10 Å². The van der Waals surface area contributed by atoms with Gasteiger partial charge in [0.05, 0.1) is 0 Å². The molecular weight excluding hydrogens is 298 g/mol. The molecule has 1 aliphatic rings. The SMILES string of the molecule is CC(=O)NC[C@H]1OC(OC(C)=O)[C@@H](OC(C)=O)[C@@H]1OC(C)=O. The minimum absolute atomic E-state index is 0.00279. The van der Waals surface area contributed by atoms with Crippen molar-refractivity contribution in [2.24, 2.45) is 0 Å². The van der Waals surface area contributed by atoms with Gasteiger partial charge < -0.3 is 24.3 Å². The number of hydrogen-bond acceptors (Lipinski definition) is 8. The number of hydrogen-bond donors (Lipinski definition) is 1. The van der Waals surface area contributed by atoms with Gasteiger partial charge in [-0.05, 0) is 0 Å². The molecule has 1 rings (SSSR count). The lowest BCUT2D eigenvalue weighted by Crippen LogP contribution is -2.44. The Balaban J connectivity index is 2.94. The Hall–Kier alpha value is -2.16. The molecule has 1 unspecified atom stereocenters. The normalized spacial score (nSPS) is 26.9. The van der Waals surface area contributed by atoms with Crippen LogP contribution in [0.5, 0.6) is 0 Å². The molecule has 0 aromatic carbocycles. The van der Waals surface area contributed by atoms with Crippen molar-refractivity contribution in [3.05, 3.63) is 0 Å². The molecule has 1 saturated heterocycles. The minimum atomic E-state index is -1.22. The summed E-state index contributed by atoms with van der Waals surface area (Å²) in [6.07, 6.45) is -4.15. The van der Waals surface area contributed by atoms with E-state index in [2.05, 4.69) is 5.32 Å². The molecule has 4 atom stereocenters. The van der Waals surface area contributed by atoms with Gasteiger partial charge in [0.1, 0.15) is 6.10 Å². The molecule has 9 heteroatoms. The Bertz CT molecular complexity index is 463. The molecule has 0 aliphatic carbocycles. The number of rotatable bonds is 5. The van der Waals surface area contributed by atoms with Crippen molar-refractivity contribution in [3.63, 3.8) is 0 Å². The summed E-state index contributed by atoms with van der Waals surface area (Å²) >= 11 is 0. The maximum absolute atomic E-state index is 11.2. The molecule has 1 N–H and O–H groups in total. The number of ether oxygens (including phenoxy) is 4. The lowest BCUT2D eigenvalue weighted by molar-refractivity contribution is -0.195. The predicted octanol–water partition coefficient (Wildman–Crippen LogP) is -0.726. The van der Waals surface area contributed by atoms with Crippen LogP contribution in [0.3, 0.4) is 0 Å². The number of carbonyl (C=O) groups is 4. The van der Waals surface area contributed by atoms with Crippen LogP contribution in [0.2, 0.25) is 0 Å². The number of nitrogens with one attached hydrogen (secondary N) is 1. The zero-order valence-electron chi connectivity index (χ0n) is 12.8. The number of esters is 3. The number of carbonyl (C=O) groups excluding carboxylic acids is 4. The van der Waals surface area contributed by atoms with Crippen LogP contribution in [0.4, 0.5) is 0 Å². The number of amides is 1. The van der Waals surface area contributed by atoms with E-state index in [1.165, 1.54) is 13.8 Å². The molecule has 22 heavy (non-hydrogen) atoms. The summed E-state index contributed by atoms with van der Waals surface area (Å²) in [7, 11) is 0. The van der Waals surface area contributed by atoms with Gasteiger partial charge in [0.2, 0.25) is 18.3 Å². The van der Waals surface area contributed by atoms with E-state index < -0.39 is 42.5 Å². The Morgan fingerprint density at radius 3 is 1.82 bits per heavy atom. The van der Waals surface area contributed by atoms with Crippen molar-refractivity contribution in [1.82, 2.24) is 5.32 Å². The largest absolute Gasteiger partial charge is 0.455 e. The van der Waals surface area contributed by atoms with E-state index in [-0.39, 0.29) is 12.5 Å². The van der Waals surface area contributed by atoms with Crippen LogP contribution in [0.15, 0.2) is 0 Å². The first-order chi connectivity index (χ1) is 10.2. The first kappa shape index (κ1) is 17.9. The average Bonchev–Trinajstić information content (AvgIpc) is 2.63. The van der Waals surface area contributed by atoms with Crippen molar-refractivity contribution in [3.8, 4) is 0 Å². The predicted molar refractivity (Wildman–Crippen MR) is 70.2 cm³/mol. The van der Waals surface area contributed by atoms with Crippen LogP contribution >= 0.6 is 0 Å². The zero-order chi connectivity index (χ0) is 16.9. The van der Waals surface area contributed by atoms with E-state index in [0.717, 1.165) is 13.8 Å². The van der Waals surface area contributed by atoms with Crippen molar-refractivity contribution < 1.29 is 38.1 Å². The lowest BCUT2D eigenvalue weighted by atomic mass is 10.1. The highest BCUT2D eigenvalue weighted by atomic mass is 16.7. The molecule has 9 nitrogen and oxygen atoms in total. The second-order valence-corrected chi connectivity index (χ2v) is 4.74. The second-order valence-electron chi connectivity index (χ2n) is 4.74. The molecule has 0 radical (unpaired) electrons. The van der Waals surface area contributed by atoms with Gasteiger partial charge in [-0.25, -0.2) is 0 Å². The van der Waals surface area contributed by atoms with Crippen LogP contribution in [0.1, 0.15) is 27.7 Å². The molecule has 1 fully saturated rings. The fourth-order valence-electron chi connectivity index (χ4n) is 2.01. The van der Waals surface area contributed by atoms with E-state index in [1.807, 2.05) is 0 Å². The summed E-state index contributed by atoms with van der Waals surface area (Å²) < 4.78 is 20.5. The molecular formula is C13H19NO8. The molecule has 0 aromatic heterocycles. The standard InChI is InChI=1S/C13H19NO8/c1-6(15)14-5-10-11(19-7(2)16)12(20-8(3)17)13(22-10)21-9(4)18/h10-13H,5H2,1-4H3,(H,14,15)/t10-,11-,12+,13?/m1/s1. The van der Waals surface area contributed by atoms with E-state index in [9.17, 15) is 19.2 Å². The van der Waals surface area contributed by atoms with Gasteiger partial charge in [-0.2, -0.15) is 0 Å². The summed E-state index contributed by atoms with van der Waals surface area (Å²) in [6.45, 7) is 4.82. The molecule has 0 aromatic rings. The van der Waals surface area contributed by atoms with E-state index in [1.54, 1.807) is 0 Å². The molecule has 1 amide bonds. The van der Waals surface area contributed by atoms with Crippen molar-refractivity contribution >= 4 is 23.8 Å². The van der Waals surface area contributed by atoms with Crippen molar-refractivity contribution in [2.75, 3.05) is 6.54 Å². The minimum Gasteiger partial charge on any atom is -0.455 e. The summed E-state index contributed by atoms with van der Waals surface area (Å²) in [5.41, 5.74) is 0. The lowest BCUT2D eigenvalue weighted by Gasteiger charge is -2.22. The summed E-state index contributed by atoms with van der Waals surface area (Å²) in [5.74, 6) is -2.24. The van der Waals surface area contributed by atoms with Crippen LogP contribution < -0.4 is 5.32 Å². The first-order valence-corrected chi connectivity index (χ1v) is 6.62. The van der Waals surface area contributed by atoms with E-state index in [4.69, 9.17) is 18.9 Å². The van der Waals surface area contributed by atoms with Gasteiger partial charge in [-0.15, -0.1) is 0 Å². The van der Waals surface area contributed by atoms with Gasteiger partial charge in [-0.1, -0.05) is 0 Å². The monoisotopic (exact) mass is 317 g/mol. The topological polar surface area (TPSA) is 117 Å². The summed E-state index contributed by atoms with van der Waals surface area (Å²) in [5, 5.41) is 2.50. The van der Waals surface area contributed by atoms with Crippen LogP contribution in [-0.4, -0.2) is 55.0 Å². The van der Waals surface area contributed by atoms with Crippen molar-refractivity contribution in [2.45, 2.75) is 52.3 Å². The van der Waals surface area contributed by atoms with Gasteiger partial charge >= 0.3 is 17.9 Å². The zero-order valence-corrected chi connectivity index (χ0v) is 12.8. The fraction of sp³-hybridized carbons (Fsp3) is 0.692. The Morgan fingerprint density at radius 1 is 0.864 bits per heavy atom. The molecule has 0 bridgehead atoms. The third-order valence-electron chi connectivity index (χ3n) is 2.71. The Morgan fingerprint density at radius 2 is 1.36 bits per heavy atom. The smallest absolute Gasteiger partial charge is 0.305 e. The molecule has 124 valence electrons. The third kappa shape index (κ3) is 5.32. The van der Waals surface area contributed by atoms with Crippen LogP contribution in [0.25, 0.3) is 0 Å². The van der Waals surface area contributed by atoms with Gasteiger partial charge in [0, 0.05) is 34.2 Å². The van der Waals surface area contributed by atoms with Gasteiger partial charge in [-0.3, -0.25) is 19.2 Å². The van der Waals surface area contributed by atoms with E-state index in [0.29, 0.717) is 0 Å². The van der Waals surface area contributed by atoms with Crippen LogP contribution in [-0.2, 0) is 38.1 Å². The van der Waals surface area contributed by atoms with Crippen LogP contribution in [0, 0.1) is 0 Å². The van der Waals surface area contributed by atoms with Gasteiger partial charge in [0.25, 0.3) is 0 Å². The molecule has 1 aliphatic heterocycles. The maximum Gasteiger partial charge on any atom is 0.305 e.